The van der Waals surface area contributed by atoms with E-state index < -0.39 is 9.84 Å². The standard InChI is InChI=1S/C10H18N2O2S/c1-3-5-12-7-9(10(11)8-12)4-6-15(2,13)14/h7-8H,3-6,11H2,1-2H3. The van der Waals surface area contributed by atoms with Crippen LogP contribution in [-0.2, 0) is 22.8 Å². The molecule has 0 spiro atoms. The Morgan fingerprint density at radius 3 is 2.60 bits per heavy atom. The van der Waals surface area contributed by atoms with E-state index in [-0.39, 0.29) is 5.75 Å². The van der Waals surface area contributed by atoms with Gasteiger partial charge in [0.1, 0.15) is 9.84 Å². The molecule has 0 aliphatic carbocycles. The van der Waals surface area contributed by atoms with E-state index in [1.54, 1.807) is 0 Å². The monoisotopic (exact) mass is 230 g/mol. The summed E-state index contributed by atoms with van der Waals surface area (Å²) in [4.78, 5) is 0. The van der Waals surface area contributed by atoms with Crippen LogP contribution < -0.4 is 5.73 Å². The third-order valence-corrected chi connectivity index (χ3v) is 3.17. The lowest BCUT2D eigenvalue weighted by molar-refractivity contribution is 0.601. The zero-order chi connectivity index (χ0) is 11.5. The van der Waals surface area contributed by atoms with Crippen molar-refractivity contribution in [2.45, 2.75) is 26.3 Å². The van der Waals surface area contributed by atoms with Crippen LogP contribution in [0.3, 0.4) is 0 Å². The normalized spacial score (nSPS) is 11.9. The third-order valence-electron chi connectivity index (χ3n) is 2.22. The Labute approximate surface area is 91.0 Å². The van der Waals surface area contributed by atoms with Crippen LogP contribution in [0.4, 0.5) is 5.69 Å². The zero-order valence-electron chi connectivity index (χ0n) is 9.23. The summed E-state index contributed by atoms with van der Waals surface area (Å²) in [5, 5.41) is 0. The third kappa shape index (κ3) is 3.95. The molecule has 0 aliphatic heterocycles. The number of aryl methyl sites for hydroxylation is 2. The number of rotatable bonds is 5. The molecule has 0 atom stereocenters. The van der Waals surface area contributed by atoms with Crippen LogP contribution in [0.1, 0.15) is 18.9 Å². The summed E-state index contributed by atoms with van der Waals surface area (Å²) in [6, 6.07) is 0. The SMILES string of the molecule is CCCn1cc(N)c(CCS(C)(=O)=O)c1. The number of anilines is 1. The van der Waals surface area contributed by atoms with Crippen LogP contribution in [0.25, 0.3) is 0 Å². The Hall–Kier alpha value is -0.970. The predicted octanol–water partition coefficient (Wildman–Crippen LogP) is 1.07. The van der Waals surface area contributed by atoms with Gasteiger partial charge < -0.3 is 10.3 Å². The van der Waals surface area contributed by atoms with Crippen molar-refractivity contribution in [1.29, 1.82) is 0 Å². The van der Waals surface area contributed by atoms with Crippen LogP contribution in [0.5, 0.6) is 0 Å². The molecule has 1 aromatic rings. The molecular formula is C10H18N2O2S. The van der Waals surface area contributed by atoms with Gasteiger partial charge in [0.25, 0.3) is 0 Å². The highest BCUT2D eigenvalue weighted by Gasteiger charge is 2.07. The van der Waals surface area contributed by atoms with Crippen LogP contribution in [0.2, 0.25) is 0 Å². The molecule has 0 saturated carbocycles. The van der Waals surface area contributed by atoms with E-state index in [4.69, 9.17) is 5.73 Å². The van der Waals surface area contributed by atoms with Gasteiger partial charge in [-0.2, -0.15) is 0 Å². The molecule has 86 valence electrons. The molecule has 0 aromatic carbocycles. The van der Waals surface area contributed by atoms with Crippen LogP contribution >= 0.6 is 0 Å². The fourth-order valence-electron chi connectivity index (χ4n) is 1.47. The van der Waals surface area contributed by atoms with Gasteiger partial charge in [-0.25, -0.2) is 8.42 Å². The van der Waals surface area contributed by atoms with E-state index in [1.165, 1.54) is 6.26 Å². The molecule has 1 aromatic heterocycles. The van der Waals surface area contributed by atoms with E-state index in [0.29, 0.717) is 12.1 Å². The Bertz CT molecular complexity index is 421. The first-order chi connectivity index (χ1) is 6.92. The molecule has 4 nitrogen and oxygen atoms in total. The highest BCUT2D eigenvalue weighted by Crippen LogP contribution is 2.14. The van der Waals surface area contributed by atoms with Crippen molar-refractivity contribution < 1.29 is 8.42 Å². The van der Waals surface area contributed by atoms with E-state index in [9.17, 15) is 8.42 Å². The lowest BCUT2D eigenvalue weighted by atomic mass is 10.2. The number of sulfone groups is 1. The maximum absolute atomic E-state index is 11.0. The molecule has 0 bridgehead atoms. The summed E-state index contributed by atoms with van der Waals surface area (Å²) < 4.78 is 24.0. The summed E-state index contributed by atoms with van der Waals surface area (Å²) >= 11 is 0. The molecule has 0 saturated heterocycles. The van der Waals surface area contributed by atoms with Crippen LogP contribution in [0.15, 0.2) is 12.4 Å². The number of nitrogens with zero attached hydrogens (tertiary/aromatic N) is 1. The number of hydrogen-bond acceptors (Lipinski definition) is 3. The second-order valence-corrected chi connectivity index (χ2v) is 6.12. The summed E-state index contributed by atoms with van der Waals surface area (Å²) in [5.41, 5.74) is 7.40. The molecule has 0 fully saturated rings. The van der Waals surface area contributed by atoms with E-state index in [1.807, 2.05) is 17.0 Å². The highest BCUT2D eigenvalue weighted by atomic mass is 32.2. The van der Waals surface area contributed by atoms with E-state index in [0.717, 1.165) is 18.5 Å². The van der Waals surface area contributed by atoms with E-state index >= 15 is 0 Å². The van der Waals surface area contributed by atoms with Gasteiger partial charge in [-0.1, -0.05) is 6.92 Å². The summed E-state index contributed by atoms with van der Waals surface area (Å²) in [6.45, 7) is 3.01. The van der Waals surface area contributed by atoms with Gasteiger partial charge in [0.15, 0.2) is 0 Å². The van der Waals surface area contributed by atoms with Gasteiger partial charge in [0.05, 0.1) is 11.4 Å². The molecule has 1 heterocycles. The molecule has 1 rings (SSSR count). The molecule has 0 unspecified atom stereocenters. The van der Waals surface area contributed by atoms with Crippen LogP contribution in [-0.4, -0.2) is 25.0 Å². The second-order valence-electron chi connectivity index (χ2n) is 3.86. The molecule has 0 aliphatic rings. The van der Waals surface area contributed by atoms with Gasteiger partial charge in [-0.05, 0) is 18.4 Å². The Morgan fingerprint density at radius 1 is 1.40 bits per heavy atom. The van der Waals surface area contributed by atoms with Gasteiger partial charge >= 0.3 is 0 Å². The van der Waals surface area contributed by atoms with Crippen molar-refractivity contribution in [2.24, 2.45) is 0 Å². The number of aromatic nitrogens is 1. The van der Waals surface area contributed by atoms with Crippen molar-refractivity contribution in [2.75, 3.05) is 17.7 Å². The topological polar surface area (TPSA) is 65.1 Å². The van der Waals surface area contributed by atoms with Crippen LogP contribution in [0, 0.1) is 0 Å². The largest absolute Gasteiger partial charge is 0.397 e. The number of hydrogen-bond donors (Lipinski definition) is 1. The van der Waals surface area contributed by atoms with Gasteiger partial charge in [0, 0.05) is 25.2 Å². The Balaban J connectivity index is 2.69. The van der Waals surface area contributed by atoms with Crippen molar-refractivity contribution in [3.05, 3.63) is 18.0 Å². The first kappa shape index (κ1) is 12.1. The fraction of sp³-hybridized carbons (Fsp3) is 0.600. The van der Waals surface area contributed by atoms with Gasteiger partial charge in [-0.15, -0.1) is 0 Å². The van der Waals surface area contributed by atoms with E-state index in [2.05, 4.69) is 6.92 Å². The summed E-state index contributed by atoms with van der Waals surface area (Å²) in [5.74, 6) is 0.160. The molecule has 2 N–H and O–H groups in total. The van der Waals surface area contributed by atoms with Gasteiger partial charge in [0.2, 0.25) is 0 Å². The number of nitrogen functional groups attached to an aromatic ring is 1. The Kier molecular flexibility index (Phi) is 3.79. The molecule has 5 heteroatoms. The fourth-order valence-corrected chi connectivity index (χ4v) is 2.06. The van der Waals surface area contributed by atoms with Crippen molar-refractivity contribution in [3.8, 4) is 0 Å². The zero-order valence-corrected chi connectivity index (χ0v) is 10.0. The maximum atomic E-state index is 11.0. The minimum Gasteiger partial charge on any atom is -0.397 e. The summed E-state index contributed by atoms with van der Waals surface area (Å²) in [7, 11) is -2.91. The lowest BCUT2D eigenvalue weighted by Crippen LogP contribution is -2.06. The first-order valence-corrected chi connectivity index (χ1v) is 7.10. The van der Waals surface area contributed by atoms with Crippen molar-refractivity contribution >= 4 is 15.5 Å². The minimum atomic E-state index is -2.91. The molecule has 0 amide bonds. The highest BCUT2D eigenvalue weighted by molar-refractivity contribution is 7.90. The smallest absolute Gasteiger partial charge is 0.147 e. The summed E-state index contributed by atoms with van der Waals surface area (Å²) in [6.07, 6.45) is 6.58. The quantitative estimate of drug-likeness (QED) is 0.822. The molecular weight excluding hydrogens is 212 g/mol. The average Bonchev–Trinajstić information content (AvgIpc) is 2.42. The average molecular weight is 230 g/mol. The second kappa shape index (κ2) is 4.70. The molecule has 15 heavy (non-hydrogen) atoms. The van der Waals surface area contributed by atoms with Gasteiger partial charge in [-0.3, -0.25) is 0 Å². The lowest BCUT2D eigenvalue weighted by Gasteiger charge is -1.98. The first-order valence-electron chi connectivity index (χ1n) is 5.04. The predicted molar refractivity (Wildman–Crippen MR) is 62.6 cm³/mol. The Morgan fingerprint density at radius 2 is 2.07 bits per heavy atom. The van der Waals surface area contributed by atoms with Crippen molar-refractivity contribution in [1.82, 2.24) is 4.57 Å². The van der Waals surface area contributed by atoms with Crippen molar-refractivity contribution in [3.63, 3.8) is 0 Å². The number of nitrogens with two attached hydrogens (primary N) is 1. The molecule has 0 radical (unpaired) electrons. The minimum absolute atomic E-state index is 0.160. The maximum Gasteiger partial charge on any atom is 0.147 e.